The molecule has 8 nitrogen and oxygen atoms in total. The van der Waals surface area contributed by atoms with Gasteiger partial charge in [-0.25, -0.2) is 18.0 Å². The summed E-state index contributed by atoms with van der Waals surface area (Å²) in [5.41, 5.74) is 0.531. The fourth-order valence-corrected chi connectivity index (χ4v) is 3.83. The van der Waals surface area contributed by atoms with Crippen molar-refractivity contribution < 1.29 is 33.0 Å². The van der Waals surface area contributed by atoms with Crippen molar-refractivity contribution in [2.75, 3.05) is 11.8 Å². The normalized spacial score (nSPS) is 11.0. The second kappa shape index (κ2) is 7.04. The minimum Gasteiger partial charge on any atom is -0.495 e. The summed E-state index contributed by atoms with van der Waals surface area (Å²) in [4.78, 5) is 22.2. The molecule has 0 aliphatic heterocycles. The number of aromatic carboxylic acids is 2. The Balaban J connectivity index is 2.63. The third kappa shape index (κ3) is 3.77. The standard InChI is InChI=1S/C17H17NO7S/c1-9-6-10(2)15(12(7-9)17(21)22)18-26(23,24)14-8-11(16(19)20)4-5-13(14)25-3/h4-8,18H,1-3H3,(H,19,20)(H,21,22). The minimum absolute atomic E-state index is 0.0656. The number of benzene rings is 2. The molecule has 9 heteroatoms. The van der Waals surface area contributed by atoms with E-state index in [-0.39, 0.29) is 22.6 Å². The number of aryl methyl sites for hydroxylation is 2. The van der Waals surface area contributed by atoms with Crippen molar-refractivity contribution in [2.45, 2.75) is 18.7 Å². The number of anilines is 1. The first kappa shape index (κ1) is 19.3. The molecule has 0 radical (unpaired) electrons. The lowest BCUT2D eigenvalue weighted by Gasteiger charge is -2.16. The first-order chi connectivity index (χ1) is 12.1. The largest absolute Gasteiger partial charge is 0.495 e. The SMILES string of the molecule is COc1ccc(C(=O)O)cc1S(=O)(=O)Nc1c(C)cc(C)cc1C(=O)O. The molecule has 26 heavy (non-hydrogen) atoms. The minimum atomic E-state index is -4.31. The van der Waals surface area contributed by atoms with Crippen LogP contribution >= 0.6 is 0 Å². The molecule has 0 spiro atoms. The van der Waals surface area contributed by atoms with Gasteiger partial charge in [-0.3, -0.25) is 4.72 Å². The molecular weight excluding hydrogens is 362 g/mol. The number of hydrogen-bond acceptors (Lipinski definition) is 5. The first-order valence-electron chi connectivity index (χ1n) is 7.35. The lowest BCUT2D eigenvalue weighted by atomic mass is 10.0. The number of carbonyl (C=O) groups is 2. The molecule has 0 amide bonds. The monoisotopic (exact) mass is 379 g/mol. The molecule has 2 aromatic carbocycles. The molecule has 0 atom stereocenters. The Morgan fingerprint density at radius 2 is 1.69 bits per heavy atom. The average Bonchev–Trinajstić information content (AvgIpc) is 2.56. The molecule has 0 bridgehead atoms. The van der Waals surface area contributed by atoms with Crippen molar-refractivity contribution in [3.8, 4) is 5.75 Å². The summed E-state index contributed by atoms with van der Waals surface area (Å²) in [6, 6.07) is 6.36. The van der Waals surface area contributed by atoms with Crippen molar-refractivity contribution in [2.24, 2.45) is 0 Å². The van der Waals surface area contributed by atoms with E-state index in [1.807, 2.05) is 0 Å². The van der Waals surface area contributed by atoms with E-state index in [0.29, 0.717) is 11.1 Å². The fourth-order valence-electron chi connectivity index (χ4n) is 2.48. The Morgan fingerprint density at radius 3 is 2.23 bits per heavy atom. The van der Waals surface area contributed by atoms with E-state index in [0.717, 1.165) is 6.07 Å². The first-order valence-corrected chi connectivity index (χ1v) is 8.84. The van der Waals surface area contributed by atoms with E-state index in [9.17, 15) is 23.1 Å². The molecule has 0 saturated carbocycles. The van der Waals surface area contributed by atoms with Crippen molar-refractivity contribution in [1.29, 1.82) is 0 Å². The summed E-state index contributed by atoms with van der Waals surface area (Å²) in [6.45, 7) is 3.26. The molecule has 0 aliphatic carbocycles. The van der Waals surface area contributed by atoms with E-state index in [4.69, 9.17) is 9.84 Å². The van der Waals surface area contributed by atoms with E-state index in [2.05, 4.69) is 4.72 Å². The predicted molar refractivity (Wildman–Crippen MR) is 93.6 cm³/mol. The molecule has 0 fully saturated rings. The fraction of sp³-hybridized carbons (Fsp3) is 0.176. The summed E-state index contributed by atoms with van der Waals surface area (Å²) in [6.07, 6.45) is 0. The van der Waals surface area contributed by atoms with Gasteiger partial charge in [0, 0.05) is 0 Å². The van der Waals surface area contributed by atoms with Gasteiger partial charge in [-0.1, -0.05) is 6.07 Å². The Morgan fingerprint density at radius 1 is 1.04 bits per heavy atom. The van der Waals surface area contributed by atoms with Crippen LogP contribution in [0.2, 0.25) is 0 Å². The molecule has 3 N–H and O–H groups in total. The van der Waals surface area contributed by atoms with Gasteiger partial charge in [0.1, 0.15) is 10.6 Å². The van der Waals surface area contributed by atoms with Crippen molar-refractivity contribution in [3.63, 3.8) is 0 Å². The molecule has 2 aromatic rings. The highest BCUT2D eigenvalue weighted by atomic mass is 32.2. The topological polar surface area (TPSA) is 130 Å². The number of carboxylic acids is 2. The Hall–Kier alpha value is -3.07. The zero-order chi connectivity index (χ0) is 19.6. The van der Waals surface area contributed by atoms with Gasteiger partial charge in [0.05, 0.1) is 23.9 Å². The van der Waals surface area contributed by atoms with Crippen LogP contribution in [0, 0.1) is 13.8 Å². The third-order valence-corrected chi connectivity index (χ3v) is 5.02. The van der Waals surface area contributed by atoms with Crippen LogP contribution in [0.3, 0.4) is 0 Å². The highest BCUT2D eigenvalue weighted by Gasteiger charge is 2.25. The summed E-state index contributed by atoms with van der Waals surface area (Å²) in [7, 11) is -3.06. The molecule has 0 heterocycles. The second-order valence-corrected chi connectivity index (χ2v) is 7.24. The van der Waals surface area contributed by atoms with Crippen molar-refractivity contribution >= 4 is 27.6 Å². The number of carboxylic acid groups (broad SMARTS) is 2. The second-order valence-electron chi connectivity index (χ2n) is 5.59. The predicted octanol–water partition coefficient (Wildman–Crippen LogP) is 2.51. The zero-order valence-electron chi connectivity index (χ0n) is 14.2. The van der Waals surface area contributed by atoms with Crippen LogP contribution in [0.1, 0.15) is 31.8 Å². The number of rotatable bonds is 6. The Labute approximate surface area is 150 Å². The maximum Gasteiger partial charge on any atom is 0.337 e. The van der Waals surface area contributed by atoms with E-state index < -0.39 is 26.9 Å². The van der Waals surface area contributed by atoms with Gasteiger partial charge >= 0.3 is 11.9 Å². The highest BCUT2D eigenvalue weighted by Crippen LogP contribution is 2.30. The average molecular weight is 379 g/mol. The summed E-state index contributed by atoms with van der Waals surface area (Å²) < 4.78 is 32.8. The van der Waals surface area contributed by atoms with Crippen LogP contribution in [0.5, 0.6) is 5.75 Å². The molecule has 2 rings (SSSR count). The van der Waals surface area contributed by atoms with Gasteiger partial charge in [0.15, 0.2) is 0 Å². The highest BCUT2D eigenvalue weighted by molar-refractivity contribution is 7.92. The van der Waals surface area contributed by atoms with Gasteiger partial charge in [-0.15, -0.1) is 0 Å². The molecule has 0 saturated heterocycles. The molecule has 138 valence electrons. The molecular formula is C17H17NO7S. The van der Waals surface area contributed by atoms with Crippen LogP contribution in [0.15, 0.2) is 35.2 Å². The van der Waals surface area contributed by atoms with E-state index in [1.165, 1.54) is 25.3 Å². The smallest absolute Gasteiger partial charge is 0.337 e. The number of nitrogens with one attached hydrogen (secondary N) is 1. The van der Waals surface area contributed by atoms with Crippen LogP contribution < -0.4 is 9.46 Å². The van der Waals surface area contributed by atoms with Gasteiger partial charge in [0.2, 0.25) is 0 Å². The third-order valence-electron chi connectivity index (χ3n) is 3.65. The quantitative estimate of drug-likeness (QED) is 0.703. The van der Waals surface area contributed by atoms with E-state index in [1.54, 1.807) is 19.9 Å². The Bertz CT molecular complexity index is 996. The van der Waals surface area contributed by atoms with Crippen molar-refractivity contribution in [3.05, 3.63) is 52.6 Å². The number of sulfonamides is 1. The van der Waals surface area contributed by atoms with Gasteiger partial charge < -0.3 is 14.9 Å². The van der Waals surface area contributed by atoms with Crippen LogP contribution in [-0.2, 0) is 10.0 Å². The van der Waals surface area contributed by atoms with Gasteiger partial charge in [-0.05, 0) is 49.2 Å². The molecule has 0 unspecified atom stereocenters. The van der Waals surface area contributed by atoms with Crippen LogP contribution in [-0.4, -0.2) is 37.7 Å². The number of ether oxygens (including phenoxy) is 1. The maximum atomic E-state index is 12.8. The van der Waals surface area contributed by atoms with Gasteiger partial charge in [-0.2, -0.15) is 0 Å². The number of hydrogen-bond donors (Lipinski definition) is 3. The zero-order valence-corrected chi connectivity index (χ0v) is 15.0. The lowest BCUT2D eigenvalue weighted by Crippen LogP contribution is -2.18. The lowest BCUT2D eigenvalue weighted by molar-refractivity contribution is 0.0686. The summed E-state index contributed by atoms with van der Waals surface area (Å²) in [5.74, 6) is -2.66. The molecule has 0 aromatic heterocycles. The van der Waals surface area contributed by atoms with Crippen LogP contribution in [0.25, 0.3) is 0 Å². The van der Waals surface area contributed by atoms with E-state index >= 15 is 0 Å². The number of methoxy groups -OCH3 is 1. The maximum absolute atomic E-state index is 12.8. The summed E-state index contributed by atoms with van der Waals surface area (Å²) >= 11 is 0. The van der Waals surface area contributed by atoms with Crippen LogP contribution in [0.4, 0.5) is 5.69 Å². The Kier molecular flexibility index (Phi) is 5.22. The molecule has 0 aliphatic rings. The van der Waals surface area contributed by atoms with Crippen molar-refractivity contribution in [1.82, 2.24) is 0 Å². The summed E-state index contributed by atoms with van der Waals surface area (Å²) in [5, 5.41) is 18.4. The van der Waals surface area contributed by atoms with Gasteiger partial charge in [0.25, 0.3) is 10.0 Å².